The van der Waals surface area contributed by atoms with Crippen LogP contribution in [0.2, 0.25) is 0 Å². The maximum Gasteiger partial charge on any atom is 0.227 e. The fraction of sp³-hybridized carbons (Fsp3) is 0.328. The molecule has 0 aliphatic rings. The Kier molecular flexibility index (Phi) is 23.3. The molecule has 15 aromatic heterocycles. The second-order valence-corrected chi connectivity index (χ2v) is 37.3. The summed E-state index contributed by atoms with van der Waals surface area (Å²) < 4.78 is 124. The summed E-state index contributed by atoms with van der Waals surface area (Å²) in [5, 5.41) is 10.3. The maximum atomic E-state index is 8.61. The van der Waals surface area contributed by atoms with Gasteiger partial charge in [0.15, 0.2) is 58.9 Å². The third-order valence-corrected chi connectivity index (χ3v) is 26.5. The van der Waals surface area contributed by atoms with Crippen LogP contribution in [-0.2, 0) is 67.2 Å². The van der Waals surface area contributed by atoms with Crippen LogP contribution in [-0.4, -0.2) is 24.9 Å². The van der Waals surface area contributed by atoms with Crippen LogP contribution in [0.5, 0.6) is 0 Å². The first kappa shape index (κ1) is 81.4. The monoisotopic (exact) mass is 1790 g/mol. The zero-order valence-corrected chi connectivity index (χ0v) is 83.1. The van der Waals surface area contributed by atoms with Crippen LogP contribution in [0.1, 0.15) is 253 Å². The van der Waals surface area contributed by atoms with E-state index in [9.17, 15) is 0 Å². The van der Waals surface area contributed by atoms with Gasteiger partial charge in [0, 0.05) is 155 Å². The van der Waals surface area contributed by atoms with Crippen LogP contribution >= 0.6 is 0 Å². The summed E-state index contributed by atoms with van der Waals surface area (Å²) in [6.45, 7) is 43.5. The summed E-state index contributed by atoms with van der Waals surface area (Å²) in [5.41, 5.74) is 36.3. The molecule has 15 heterocycles. The van der Waals surface area contributed by atoms with E-state index in [4.69, 9.17) is 35.8 Å². The molecule has 15 heteroatoms. The molecule has 0 spiro atoms. The summed E-state index contributed by atoms with van der Waals surface area (Å²) in [5.74, 6) is -0.593. The minimum absolute atomic E-state index is 0.132. The summed E-state index contributed by atoms with van der Waals surface area (Å²) in [4.78, 5) is 22.7. The van der Waals surface area contributed by atoms with E-state index in [1.807, 2.05) is 119 Å². The fourth-order valence-corrected chi connectivity index (χ4v) is 19.2. The third-order valence-electron chi connectivity index (χ3n) is 26.5. The van der Waals surface area contributed by atoms with Crippen molar-refractivity contribution in [1.82, 2.24) is 24.9 Å². The molecule has 15 nitrogen and oxygen atoms in total. The minimum atomic E-state index is -2.63. The van der Waals surface area contributed by atoms with Gasteiger partial charge in [-0.1, -0.05) is 164 Å². The predicted octanol–water partition coefficient (Wildman–Crippen LogP) is 28.6. The molecule has 0 aliphatic heterocycles. The Hall–Kier alpha value is -13.4. The zero-order valence-electron chi connectivity index (χ0n) is 93.1. The molecule has 20 aromatic rings. The predicted molar refractivity (Wildman–Crippen MR) is 551 cm³/mol. The first-order valence-corrected chi connectivity index (χ1v) is 46.8. The Morgan fingerprint density at radius 1 is 0.291 bits per heavy atom. The summed E-state index contributed by atoms with van der Waals surface area (Å²) in [7, 11) is 9.96. The molecule has 1 atom stereocenters. The van der Waals surface area contributed by atoms with Gasteiger partial charge < -0.3 is 22.1 Å². The number of aryl methyl sites for hydroxylation is 19. The normalized spacial score (nSPS) is 13.8. The molecular weight excluding hydrogens is 1650 g/mol. The Morgan fingerprint density at radius 3 is 0.806 bits per heavy atom. The average Bonchev–Trinajstić information content (AvgIpc) is 1.27. The van der Waals surface area contributed by atoms with Gasteiger partial charge in [0.25, 0.3) is 0 Å². The molecule has 1 unspecified atom stereocenters. The molecule has 0 fully saturated rings. The molecule has 20 rings (SSSR count). The van der Waals surface area contributed by atoms with E-state index >= 15 is 0 Å². The van der Waals surface area contributed by atoms with Gasteiger partial charge in [0.2, 0.25) is 57.0 Å². The van der Waals surface area contributed by atoms with E-state index in [-0.39, 0.29) is 23.0 Å². The van der Waals surface area contributed by atoms with E-state index < -0.39 is 31.9 Å². The smallest absolute Gasteiger partial charge is 0.227 e. The number of hydrogen-bond acceptors (Lipinski definition) is 10. The topological polar surface area (TPSA) is 150 Å². The molecule has 684 valence electrons. The van der Waals surface area contributed by atoms with Gasteiger partial charge in [-0.15, -0.1) is 0 Å². The molecule has 0 saturated carbocycles. The van der Waals surface area contributed by atoms with Gasteiger partial charge in [0.05, 0.1) is 27.8 Å². The second kappa shape index (κ2) is 38.3. The highest BCUT2D eigenvalue weighted by Gasteiger charge is 2.31. The van der Waals surface area contributed by atoms with Crippen LogP contribution < -0.4 is 22.8 Å². The van der Waals surface area contributed by atoms with Gasteiger partial charge >= 0.3 is 0 Å². The number of fused-ring (bicyclic) bond motifs is 15. The molecule has 0 aliphatic carbocycles. The number of benzene rings is 5. The lowest BCUT2D eigenvalue weighted by Crippen LogP contribution is -2.32. The first-order valence-electron chi connectivity index (χ1n) is 51.8. The molecular formula is C119H133N10O5+5. The number of hydrogen-bond donors (Lipinski definition) is 0. The van der Waals surface area contributed by atoms with Crippen molar-refractivity contribution in [2.45, 2.75) is 228 Å². The second-order valence-electron chi connectivity index (χ2n) is 37.3. The highest BCUT2D eigenvalue weighted by atomic mass is 16.4. The lowest BCUT2D eigenvalue weighted by molar-refractivity contribution is -0.661. The van der Waals surface area contributed by atoms with Gasteiger partial charge in [-0.3, -0.25) is 0 Å². The van der Waals surface area contributed by atoms with E-state index in [2.05, 4.69) is 255 Å². The zero-order chi connectivity index (χ0) is 104. The lowest BCUT2D eigenvalue weighted by atomic mass is 9.93. The quantitative estimate of drug-likeness (QED) is 0.0908. The Labute approximate surface area is 803 Å². The van der Waals surface area contributed by atoms with E-state index in [1.54, 1.807) is 43.9 Å². The van der Waals surface area contributed by atoms with Crippen molar-refractivity contribution in [3.63, 3.8) is 0 Å². The molecule has 0 bridgehead atoms. The molecule has 0 N–H and O–H groups in total. The van der Waals surface area contributed by atoms with Crippen LogP contribution in [0.4, 0.5) is 0 Å². The Balaban J connectivity index is 0.000000129. The van der Waals surface area contributed by atoms with Gasteiger partial charge in [-0.05, 0) is 240 Å². The molecule has 5 aromatic carbocycles. The number of rotatable bonds is 15. The number of pyridine rings is 10. The summed E-state index contributed by atoms with van der Waals surface area (Å²) >= 11 is 0. The van der Waals surface area contributed by atoms with Crippen molar-refractivity contribution in [1.29, 1.82) is 0 Å². The Morgan fingerprint density at radius 2 is 0.537 bits per heavy atom. The van der Waals surface area contributed by atoms with Gasteiger partial charge in [-0.25, -0.2) is 47.8 Å². The van der Waals surface area contributed by atoms with E-state index in [1.165, 1.54) is 58.6 Å². The summed E-state index contributed by atoms with van der Waals surface area (Å²) in [6, 6.07) is 51.9. The van der Waals surface area contributed by atoms with E-state index in [0.717, 1.165) is 190 Å². The van der Waals surface area contributed by atoms with Crippen molar-refractivity contribution in [3.8, 4) is 56.3 Å². The van der Waals surface area contributed by atoms with Gasteiger partial charge in [0.1, 0.15) is 35.2 Å². The molecule has 0 amide bonds. The minimum Gasteiger partial charge on any atom is -0.437 e. The average molecular weight is 1790 g/mol. The molecule has 0 saturated heterocycles. The van der Waals surface area contributed by atoms with E-state index in [0.29, 0.717) is 51.7 Å². The largest absolute Gasteiger partial charge is 0.437 e. The number of furan rings is 5. The van der Waals surface area contributed by atoms with Crippen molar-refractivity contribution < 1.29 is 58.6 Å². The van der Waals surface area contributed by atoms with Gasteiger partial charge in [-0.2, -0.15) is 0 Å². The van der Waals surface area contributed by atoms with Crippen molar-refractivity contribution in [2.75, 3.05) is 0 Å². The lowest BCUT2D eigenvalue weighted by Gasteiger charge is -2.13. The van der Waals surface area contributed by atoms with Crippen LogP contribution in [0.25, 0.3) is 167 Å². The molecule has 0 radical (unpaired) electrons. The Bertz CT molecular complexity index is 8270. The highest BCUT2D eigenvalue weighted by molar-refractivity contribution is 6.13. The SMILES string of the molecule is CCc1c[n+](C)c(-c2c(C)ccc3c2oc2nc(C)ccc23)cc1C(C)C.CCc1c[n+](C)c(-c2c(C)ccc3c2oc2ncccc23)cc1C(C)C.[2H]C([2H])(C)c1c[n+](C)c(-c2c(C)ccc3c2oc2nc(C)ccc23)cc1C(C)C.[2H]C([2H])(C)c1c[n+](C)c(-c2c(C)ccc3c2oc2nc(C)ccc23)cc1C(C)C.[2H]C([2H])(C)c1cc(-c2c(C)ccc3c2oc2nc(C)ccc23)[n+](C)cc1C([2H])(C)C([2H])([2H])[2H]. The van der Waals surface area contributed by atoms with Crippen molar-refractivity contribution in [3.05, 3.63) is 295 Å². The van der Waals surface area contributed by atoms with Crippen LogP contribution in [0.3, 0.4) is 0 Å². The first-order chi connectivity index (χ1) is 67.7. The van der Waals surface area contributed by atoms with Crippen molar-refractivity contribution in [2.24, 2.45) is 35.2 Å². The van der Waals surface area contributed by atoms with Crippen molar-refractivity contribution >= 4 is 110 Å². The number of nitrogens with zero attached hydrogens (tertiary/aromatic N) is 10. The summed E-state index contributed by atoms with van der Waals surface area (Å²) in [6.07, 6.45) is 9.15. The number of aromatic nitrogens is 10. The maximum absolute atomic E-state index is 8.61. The van der Waals surface area contributed by atoms with Crippen LogP contribution in [0.15, 0.2) is 211 Å². The fourth-order valence-electron chi connectivity index (χ4n) is 19.2. The highest BCUT2D eigenvalue weighted by Crippen LogP contribution is 2.45. The molecule has 134 heavy (non-hydrogen) atoms. The third kappa shape index (κ3) is 17.7. The van der Waals surface area contributed by atoms with Crippen LogP contribution in [0, 0.1) is 62.3 Å². The standard InChI is InChI=1S/4C24H27N2O.C23H25N2O/c3*1-7-17-13-26(6)21(12-20(17)14(2)3)22-15(4)8-10-18-19-11-9-16(5)25-24(19)27-23(18)22;1-7-17-12-21(26(6)13-20(17)14(2)3)22-15(4)8-10-18-19-11-9-16(5)25-24(19)27-23(18)22;1-6-16-13-25(5)20(12-19(16)14(2)3)21-15(4)9-10-17-18-8-7-11-24-23(18)26-22(17)21/h4*8-14H,7H2,1-6H3;7-14H,6H2,1-5H3/q5*+1/i2*7D2;;2D3,7D2,14D;.